The summed E-state index contributed by atoms with van der Waals surface area (Å²) in [6.45, 7) is 6.95. The van der Waals surface area contributed by atoms with Crippen molar-refractivity contribution in [2.45, 2.75) is 27.2 Å². The van der Waals surface area contributed by atoms with Gasteiger partial charge in [0.1, 0.15) is 5.56 Å². The van der Waals surface area contributed by atoms with Gasteiger partial charge < -0.3 is 9.64 Å². The zero-order chi connectivity index (χ0) is 15.7. The molecule has 2 aromatic rings. The van der Waals surface area contributed by atoms with E-state index in [4.69, 9.17) is 4.74 Å². The van der Waals surface area contributed by atoms with Crippen molar-refractivity contribution in [3.05, 3.63) is 41.6 Å². The number of fused-ring (bicyclic) bond motifs is 2. The molecule has 0 radical (unpaired) electrons. The predicted molar refractivity (Wildman–Crippen MR) is 84.4 cm³/mol. The molecule has 0 bridgehead atoms. The largest absolute Gasteiger partial charge is 0.435 e. The van der Waals surface area contributed by atoms with Gasteiger partial charge in [-0.05, 0) is 43.0 Å². The summed E-state index contributed by atoms with van der Waals surface area (Å²) in [6.07, 6.45) is 2.44. The van der Waals surface area contributed by atoms with E-state index in [1.165, 1.54) is 6.20 Å². The number of rotatable bonds is 3. The number of anilines is 1. The van der Waals surface area contributed by atoms with Gasteiger partial charge >= 0.3 is 0 Å². The average Bonchev–Trinajstić information content (AvgIpc) is 2.60. The van der Waals surface area contributed by atoms with E-state index in [9.17, 15) is 4.79 Å². The zero-order valence-corrected chi connectivity index (χ0v) is 13.0. The molecule has 5 nitrogen and oxygen atoms in total. The first kappa shape index (κ1) is 14.5. The van der Waals surface area contributed by atoms with Crippen molar-refractivity contribution < 1.29 is 9.53 Å². The number of carbonyl (C=O) groups excluding carboxylic acids is 1. The van der Waals surface area contributed by atoms with Crippen molar-refractivity contribution in [3.63, 3.8) is 0 Å². The highest BCUT2D eigenvalue weighted by Gasteiger charge is 2.29. The van der Waals surface area contributed by atoms with E-state index in [1.54, 1.807) is 11.0 Å². The Hall–Kier alpha value is -2.43. The molecule has 3 rings (SSSR count). The highest BCUT2D eigenvalue weighted by atomic mass is 16.5. The maximum atomic E-state index is 12.9. The van der Waals surface area contributed by atoms with Crippen LogP contribution in [0.5, 0.6) is 11.6 Å². The SMILES string of the molecule is Cc1ccc2c(c1)N(CCC(C)C)C(=O)c1ccnnc1O2. The molecule has 0 saturated carbocycles. The summed E-state index contributed by atoms with van der Waals surface area (Å²) in [5, 5.41) is 7.78. The Kier molecular flexibility index (Phi) is 3.79. The standard InChI is InChI=1S/C17H19N3O2/c1-11(2)7-9-20-14-10-12(3)4-5-15(14)22-16-13(17(20)21)6-8-18-19-16/h4-6,8,10-11H,7,9H2,1-3H3. The summed E-state index contributed by atoms with van der Waals surface area (Å²) in [4.78, 5) is 14.7. The molecule has 0 N–H and O–H groups in total. The summed E-state index contributed by atoms with van der Waals surface area (Å²) in [5.41, 5.74) is 2.33. The molecule has 0 saturated heterocycles. The van der Waals surface area contributed by atoms with Gasteiger partial charge in [-0.1, -0.05) is 19.9 Å². The first-order valence-corrected chi connectivity index (χ1v) is 7.48. The second kappa shape index (κ2) is 5.75. The second-order valence-electron chi connectivity index (χ2n) is 5.96. The minimum absolute atomic E-state index is 0.0881. The Balaban J connectivity index is 2.10. The van der Waals surface area contributed by atoms with Gasteiger partial charge in [0, 0.05) is 6.54 Å². The van der Waals surface area contributed by atoms with Gasteiger partial charge in [-0.15, -0.1) is 5.10 Å². The molecular formula is C17H19N3O2. The van der Waals surface area contributed by atoms with Crippen LogP contribution in [0.25, 0.3) is 0 Å². The van der Waals surface area contributed by atoms with Gasteiger partial charge in [-0.2, -0.15) is 5.10 Å². The highest BCUT2D eigenvalue weighted by molar-refractivity contribution is 6.09. The third kappa shape index (κ3) is 2.66. The van der Waals surface area contributed by atoms with Gasteiger partial charge in [0.05, 0.1) is 11.9 Å². The van der Waals surface area contributed by atoms with Crippen LogP contribution >= 0.6 is 0 Å². The number of benzene rings is 1. The number of carbonyl (C=O) groups is 1. The van der Waals surface area contributed by atoms with Gasteiger partial charge in [0.2, 0.25) is 0 Å². The lowest BCUT2D eigenvalue weighted by molar-refractivity contribution is 0.0985. The van der Waals surface area contributed by atoms with E-state index in [0.29, 0.717) is 23.8 Å². The lowest BCUT2D eigenvalue weighted by atomic mass is 10.1. The third-order valence-electron chi connectivity index (χ3n) is 3.70. The first-order valence-electron chi connectivity index (χ1n) is 7.48. The summed E-state index contributed by atoms with van der Waals surface area (Å²) in [6, 6.07) is 7.48. The van der Waals surface area contributed by atoms with E-state index in [2.05, 4.69) is 24.0 Å². The van der Waals surface area contributed by atoms with Gasteiger partial charge in [0.15, 0.2) is 5.75 Å². The molecule has 1 aromatic heterocycles. The van der Waals surface area contributed by atoms with E-state index in [-0.39, 0.29) is 11.8 Å². The Morgan fingerprint density at radius 3 is 2.86 bits per heavy atom. The molecule has 1 aliphatic rings. The number of nitrogens with zero attached hydrogens (tertiary/aromatic N) is 3. The molecule has 0 fully saturated rings. The van der Waals surface area contributed by atoms with Gasteiger partial charge in [0.25, 0.3) is 11.8 Å². The Morgan fingerprint density at radius 2 is 2.09 bits per heavy atom. The fourth-order valence-corrected chi connectivity index (χ4v) is 2.45. The van der Waals surface area contributed by atoms with Crippen LogP contribution in [0.1, 0.15) is 36.2 Å². The molecular weight excluding hydrogens is 278 g/mol. The quantitative estimate of drug-likeness (QED) is 0.869. The van der Waals surface area contributed by atoms with Crippen molar-refractivity contribution >= 4 is 11.6 Å². The molecule has 0 aliphatic carbocycles. The van der Waals surface area contributed by atoms with Crippen LogP contribution in [0.4, 0.5) is 5.69 Å². The summed E-state index contributed by atoms with van der Waals surface area (Å²) in [5.74, 6) is 1.33. The number of hydrogen-bond donors (Lipinski definition) is 0. The molecule has 0 atom stereocenters. The van der Waals surface area contributed by atoms with Crippen LogP contribution in [0.3, 0.4) is 0 Å². The highest BCUT2D eigenvalue weighted by Crippen LogP contribution is 2.38. The van der Waals surface area contributed by atoms with Crippen molar-refractivity contribution in [1.29, 1.82) is 0 Å². The van der Waals surface area contributed by atoms with Crippen LogP contribution in [0, 0.1) is 12.8 Å². The van der Waals surface area contributed by atoms with E-state index >= 15 is 0 Å². The summed E-state index contributed by atoms with van der Waals surface area (Å²) < 4.78 is 5.83. The second-order valence-corrected chi connectivity index (χ2v) is 5.96. The number of hydrogen-bond acceptors (Lipinski definition) is 4. The third-order valence-corrected chi connectivity index (χ3v) is 3.70. The minimum Gasteiger partial charge on any atom is -0.435 e. The molecule has 1 amide bonds. The number of amides is 1. The fraction of sp³-hybridized carbons (Fsp3) is 0.353. The molecule has 1 aliphatic heterocycles. The molecule has 2 heterocycles. The monoisotopic (exact) mass is 297 g/mol. The number of aryl methyl sites for hydroxylation is 1. The van der Waals surface area contributed by atoms with Crippen LogP contribution < -0.4 is 9.64 Å². The summed E-state index contributed by atoms with van der Waals surface area (Å²) >= 11 is 0. The van der Waals surface area contributed by atoms with Crippen LogP contribution in [0.15, 0.2) is 30.5 Å². The lowest BCUT2D eigenvalue weighted by Gasteiger charge is -2.23. The smallest absolute Gasteiger partial charge is 0.264 e. The Labute approximate surface area is 129 Å². The van der Waals surface area contributed by atoms with E-state index in [1.807, 2.05) is 25.1 Å². The van der Waals surface area contributed by atoms with Gasteiger partial charge in [-0.25, -0.2) is 0 Å². The van der Waals surface area contributed by atoms with Crippen LogP contribution in [0.2, 0.25) is 0 Å². The van der Waals surface area contributed by atoms with Crippen molar-refractivity contribution in [2.75, 3.05) is 11.4 Å². The molecule has 5 heteroatoms. The van der Waals surface area contributed by atoms with Gasteiger partial charge in [-0.3, -0.25) is 4.79 Å². The summed E-state index contributed by atoms with van der Waals surface area (Å²) in [7, 11) is 0. The van der Waals surface area contributed by atoms with Crippen molar-refractivity contribution in [1.82, 2.24) is 10.2 Å². The van der Waals surface area contributed by atoms with E-state index < -0.39 is 0 Å². The molecule has 0 spiro atoms. The van der Waals surface area contributed by atoms with E-state index in [0.717, 1.165) is 17.7 Å². The minimum atomic E-state index is -0.0881. The predicted octanol–water partition coefficient (Wildman–Crippen LogP) is 3.58. The number of ether oxygens (including phenoxy) is 1. The van der Waals surface area contributed by atoms with Crippen molar-refractivity contribution in [3.8, 4) is 11.6 Å². The van der Waals surface area contributed by atoms with Crippen LogP contribution in [-0.4, -0.2) is 22.6 Å². The fourth-order valence-electron chi connectivity index (χ4n) is 2.45. The maximum absolute atomic E-state index is 12.9. The molecule has 1 aromatic carbocycles. The topological polar surface area (TPSA) is 55.3 Å². The Morgan fingerprint density at radius 1 is 1.27 bits per heavy atom. The van der Waals surface area contributed by atoms with Crippen LogP contribution in [-0.2, 0) is 0 Å². The first-order chi connectivity index (χ1) is 10.6. The molecule has 22 heavy (non-hydrogen) atoms. The average molecular weight is 297 g/mol. The normalized spacial score (nSPS) is 13.5. The number of aromatic nitrogens is 2. The Bertz CT molecular complexity index is 713. The molecule has 0 unspecified atom stereocenters. The maximum Gasteiger partial charge on any atom is 0.264 e. The zero-order valence-electron chi connectivity index (χ0n) is 13.0. The molecule has 114 valence electrons. The van der Waals surface area contributed by atoms with Crippen molar-refractivity contribution in [2.24, 2.45) is 5.92 Å². The lowest BCUT2D eigenvalue weighted by Crippen LogP contribution is -2.32.